The van der Waals surface area contributed by atoms with Crippen LogP contribution in [0.25, 0.3) is 0 Å². The lowest BCUT2D eigenvalue weighted by atomic mass is 9.89. The Morgan fingerprint density at radius 2 is 1.91 bits per heavy atom. The number of rotatable bonds is 13. The summed E-state index contributed by atoms with van der Waals surface area (Å²) >= 11 is 0. The van der Waals surface area contributed by atoms with E-state index in [2.05, 4.69) is 31.2 Å². The summed E-state index contributed by atoms with van der Waals surface area (Å²) in [6.45, 7) is 2.26. The number of allylic oxidation sites excluding steroid dienone is 4. The van der Waals surface area contributed by atoms with Crippen LogP contribution in [0.3, 0.4) is 0 Å². The van der Waals surface area contributed by atoms with Gasteiger partial charge in [-0.25, -0.2) is 0 Å². The van der Waals surface area contributed by atoms with Crippen LogP contribution < -0.4 is 0 Å². The van der Waals surface area contributed by atoms with Gasteiger partial charge in [-0.15, -0.1) is 0 Å². The average Bonchev–Trinajstić information content (AvgIpc) is 2.93. The van der Waals surface area contributed by atoms with Gasteiger partial charge in [-0.2, -0.15) is 0 Å². The van der Waals surface area contributed by atoms with E-state index in [4.69, 9.17) is 5.11 Å². The molecule has 0 aromatic carbocycles. The normalized spacial score (nSPS) is 21.0. The van der Waals surface area contributed by atoms with E-state index in [0.717, 1.165) is 18.8 Å². The monoisotopic (exact) mass is 306 g/mol. The second-order valence-corrected chi connectivity index (χ2v) is 6.63. The summed E-state index contributed by atoms with van der Waals surface area (Å²) in [6, 6.07) is 0. The fourth-order valence-electron chi connectivity index (χ4n) is 3.23. The maximum Gasteiger partial charge on any atom is 0.303 e. The van der Waals surface area contributed by atoms with Gasteiger partial charge in [0.25, 0.3) is 0 Å². The van der Waals surface area contributed by atoms with Crippen molar-refractivity contribution in [1.82, 2.24) is 0 Å². The molecule has 0 saturated carbocycles. The third-order valence-electron chi connectivity index (χ3n) is 4.64. The zero-order valence-corrected chi connectivity index (χ0v) is 14.3. The number of carboxylic acids is 1. The molecule has 0 fully saturated rings. The molecule has 0 aromatic rings. The smallest absolute Gasteiger partial charge is 0.303 e. The van der Waals surface area contributed by atoms with E-state index in [1.165, 1.54) is 57.8 Å². The SMILES string of the molecule is CCCCCC/C=C/[C@H]1C=CC[C@@H]1CCCCCCC(=O)O. The lowest BCUT2D eigenvalue weighted by molar-refractivity contribution is -0.137. The maximum absolute atomic E-state index is 10.5. The predicted octanol–water partition coefficient (Wildman–Crippen LogP) is 6.13. The Bertz CT molecular complexity index is 344. The van der Waals surface area contributed by atoms with Crippen LogP contribution >= 0.6 is 0 Å². The fraction of sp³-hybridized carbons (Fsp3) is 0.750. The molecular formula is C20H34O2. The van der Waals surface area contributed by atoms with Crippen molar-refractivity contribution < 1.29 is 9.90 Å². The van der Waals surface area contributed by atoms with E-state index in [1.807, 2.05) is 0 Å². The Balaban J connectivity index is 2.08. The zero-order chi connectivity index (χ0) is 16.0. The van der Waals surface area contributed by atoms with Crippen LogP contribution in [-0.2, 0) is 4.79 Å². The number of carbonyl (C=O) groups is 1. The highest BCUT2D eigenvalue weighted by atomic mass is 16.4. The van der Waals surface area contributed by atoms with Crippen LogP contribution in [0.2, 0.25) is 0 Å². The largest absolute Gasteiger partial charge is 0.481 e. The molecule has 22 heavy (non-hydrogen) atoms. The molecule has 1 N–H and O–H groups in total. The quantitative estimate of drug-likeness (QED) is 0.328. The van der Waals surface area contributed by atoms with Crippen molar-refractivity contribution >= 4 is 5.97 Å². The first kappa shape index (κ1) is 19.0. The van der Waals surface area contributed by atoms with Gasteiger partial charge in [0.1, 0.15) is 0 Å². The van der Waals surface area contributed by atoms with E-state index in [1.54, 1.807) is 0 Å². The zero-order valence-electron chi connectivity index (χ0n) is 14.3. The molecule has 0 bridgehead atoms. The molecule has 2 atom stereocenters. The summed E-state index contributed by atoms with van der Waals surface area (Å²) in [6.07, 6.45) is 23.2. The number of unbranched alkanes of at least 4 members (excludes halogenated alkanes) is 7. The summed E-state index contributed by atoms with van der Waals surface area (Å²) in [5.74, 6) is 0.765. The number of hydrogen-bond acceptors (Lipinski definition) is 1. The van der Waals surface area contributed by atoms with Crippen LogP contribution in [0.15, 0.2) is 24.3 Å². The van der Waals surface area contributed by atoms with E-state index in [9.17, 15) is 4.79 Å². The highest BCUT2D eigenvalue weighted by molar-refractivity contribution is 5.66. The molecule has 0 radical (unpaired) electrons. The first-order valence-corrected chi connectivity index (χ1v) is 9.29. The molecule has 0 saturated heterocycles. The summed E-state index contributed by atoms with van der Waals surface area (Å²) in [5, 5.41) is 8.61. The van der Waals surface area contributed by atoms with Crippen molar-refractivity contribution in [2.45, 2.75) is 84.0 Å². The van der Waals surface area contributed by atoms with Crippen molar-refractivity contribution in [3.8, 4) is 0 Å². The van der Waals surface area contributed by atoms with Gasteiger partial charge in [0.2, 0.25) is 0 Å². The third-order valence-corrected chi connectivity index (χ3v) is 4.64. The van der Waals surface area contributed by atoms with Gasteiger partial charge in [-0.05, 0) is 43.9 Å². The van der Waals surface area contributed by atoms with Crippen molar-refractivity contribution in [3.63, 3.8) is 0 Å². The van der Waals surface area contributed by atoms with Crippen LogP contribution in [0.4, 0.5) is 0 Å². The van der Waals surface area contributed by atoms with Crippen molar-refractivity contribution in [1.29, 1.82) is 0 Å². The Morgan fingerprint density at radius 3 is 2.68 bits per heavy atom. The van der Waals surface area contributed by atoms with Crippen LogP contribution in [-0.4, -0.2) is 11.1 Å². The van der Waals surface area contributed by atoms with Crippen molar-refractivity contribution in [3.05, 3.63) is 24.3 Å². The van der Waals surface area contributed by atoms with Gasteiger partial charge in [0.15, 0.2) is 0 Å². The molecule has 0 unspecified atom stereocenters. The van der Waals surface area contributed by atoms with Gasteiger partial charge in [0, 0.05) is 6.42 Å². The molecule has 0 heterocycles. The first-order chi connectivity index (χ1) is 10.7. The minimum Gasteiger partial charge on any atom is -0.481 e. The second kappa shape index (κ2) is 12.5. The molecule has 1 rings (SSSR count). The van der Waals surface area contributed by atoms with Gasteiger partial charge in [0.05, 0.1) is 0 Å². The molecule has 0 spiro atoms. The van der Waals surface area contributed by atoms with E-state index >= 15 is 0 Å². The van der Waals surface area contributed by atoms with Gasteiger partial charge in [-0.3, -0.25) is 4.79 Å². The van der Waals surface area contributed by atoms with Crippen LogP contribution in [0.5, 0.6) is 0 Å². The molecule has 0 amide bonds. The van der Waals surface area contributed by atoms with Gasteiger partial charge < -0.3 is 5.11 Å². The standard InChI is InChI=1S/C20H34O2/c1-2-3-4-5-6-9-13-18-15-12-16-19(18)14-10-7-8-11-17-20(21)22/h9,12-13,15,18-19H,2-8,10-11,14,16-17H2,1H3,(H,21,22)/b13-9+/t18-,19-/m0/s1. The predicted molar refractivity (Wildman–Crippen MR) is 94.0 cm³/mol. The van der Waals surface area contributed by atoms with Gasteiger partial charge >= 0.3 is 5.97 Å². The van der Waals surface area contributed by atoms with E-state index in [-0.39, 0.29) is 0 Å². The van der Waals surface area contributed by atoms with Crippen molar-refractivity contribution in [2.75, 3.05) is 0 Å². The Morgan fingerprint density at radius 1 is 1.14 bits per heavy atom. The number of aliphatic carboxylic acids is 1. The Labute approximate surface area is 136 Å². The average molecular weight is 306 g/mol. The van der Waals surface area contributed by atoms with Gasteiger partial charge in [-0.1, -0.05) is 69.8 Å². The number of hydrogen-bond donors (Lipinski definition) is 1. The lowest BCUT2D eigenvalue weighted by Crippen LogP contribution is -2.05. The summed E-state index contributed by atoms with van der Waals surface area (Å²) in [7, 11) is 0. The molecule has 0 aliphatic heterocycles. The molecule has 126 valence electrons. The minimum absolute atomic E-state index is 0.328. The van der Waals surface area contributed by atoms with Crippen LogP contribution in [0, 0.1) is 11.8 Å². The molecule has 2 heteroatoms. The summed E-state index contributed by atoms with van der Waals surface area (Å²) in [5.41, 5.74) is 0. The molecule has 0 aromatic heterocycles. The minimum atomic E-state index is -0.663. The third kappa shape index (κ3) is 9.07. The molecular weight excluding hydrogens is 272 g/mol. The highest BCUT2D eigenvalue weighted by Crippen LogP contribution is 2.31. The first-order valence-electron chi connectivity index (χ1n) is 9.29. The maximum atomic E-state index is 10.5. The fourth-order valence-corrected chi connectivity index (χ4v) is 3.23. The lowest BCUT2D eigenvalue weighted by Gasteiger charge is -2.16. The number of carboxylic acid groups (broad SMARTS) is 1. The molecule has 2 nitrogen and oxygen atoms in total. The molecule has 1 aliphatic carbocycles. The summed E-state index contributed by atoms with van der Waals surface area (Å²) in [4.78, 5) is 10.5. The summed E-state index contributed by atoms with van der Waals surface area (Å²) < 4.78 is 0. The van der Waals surface area contributed by atoms with Crippen molar-refractivity contribution in [2.24, 2.45) is 11.8 Å². The highest BCUT2D eigenvalue weighted by Gasteiger charge is 2.19. The topological polar surface area (TPSA) is 37.3 Å². The Kier molecular flexibility index (Phi) is 10.8. The van der Waals surface area contributed by atoms with E-state index < -0.39 is 5.97 Å². The molecule has 1 aliphatic rings. The Hall–Kier alpha value is -1.05. The van der Waals surface area contributed by atoms with Crippen LogP contribution in [0.1, 0.15) is 84.0 Å². The second-order valence-electron chi connectivity index (χ2n) is 6.63. The van der Waals surface area contributed by atoms with E-state index in [0.29, 0.717) is 12.3 Å².